The Bertz CT molecular complexity index is 424. The molecule has 0 unspecified atom stereocenters. The van der Waals surface area contributed by atoms with Crippen molar-refractivity contribution in [3.05, 3.63) is 17.5 Å². The van der Waals surface area contributed by atoms with E-state index in [0.717, 1.165) is 11.4 Å². The molecule has 1 heterocycles. The molecular weight excluding hydrogens is 230 g/mol. The summed E-state index contributed by atoms with van der Waals surface area (Å²) in [6.07, 6.45) is -1.15. The fourth-order valence-electron chi connectivity index (χ4n) is 1.37. The van der Waals surface area contributed by atoms with Gasteiger partial charge in [-0.05, 0) is 6.07 Å². The molecule has 0 aromatic carbocycles. The Morgan fingerprint density at radius 1 is 1.06 bits per heavy atom. The molecule has 0 spiro atoms. The van der Waals surface area contributed by atoms with E-state index in [1.807, 2.05) is 47.6 Å². The molecule has 1 amide bonds. The van der Waals surface area contributed by atoms with Crippen LogP contribution in [-0.4, -0.2) is 21.2 Å². The normalized spacial score (nSPS) is 12.3. The van der Waals surface area contributed by atoms with Crippen molar-refractivity contribution in [3.63, 3.8) is 0 Å². The van der Waals surface area contributed by atoms with Crippen LogP contribution in [0.5, 0.6) is 0 Å². The van der Waals surface area contributed by atoms with E-state index in [-0.39, 0.29) is 16.8 Å². The number of nitrogens with zero attached hydrogens (tertiary/aromatic N) is 2. The first kappa shape index (κ1) is 14.4. The Morgan fingerprint density at radius 2 is 1.44 bits per heavy atom. The van der Waals surface area contributed by atoms with E-state index in [1.54, 1.807) is 0 Å². The molecule has 0 bridgehead atoms. The van der Waals surface area contributed by atoms with Crippen LogP contribution in [0.4, 0.5) is 10.7 Å². The van der Waals surface area contributed by atoms with Crippen LogP contribution in [0, 0.1) is 0 Å². The second kappa shape index (κ2) is 4.55. The zero-order chi connectivity index (χ0) is 14.1. The van der Waals surface area contributed by atoms with Gasteiger partial charge in [-0.25, -0.2) is 14.8 Å². The molecule has 2 N–H and O–H groups in total. The maximum Gasteiger partial charge on any atom is 0.411 e. The van der Waals surface area contributed by atoms with Gasteiger partial charge < -0.3 is 5.11 Å². The van der Waals surface area contributed by atoms with E-state index in [0.29, 0.717) is 0 Å². The average Bonchev–Trinajstić information content (AvgIpc) is 2.13. The molecule has 0 saturated heterocycles. The minimum Gasteiger partial charge on any atom is -0.465 e. The molecule has 0 saturated carbocycles. The van der Waals surface area contributed by atoms with Gasteiger partial charge in [0.25, 0.3) is 0 Å². The minimum atomic E-state index is -1.15. The Hall–Kier alpha value is -1.65. The van der Waals surface area contributed by atoms with Crippen LogP contribution in [-0.2, 0) is 10.8 Å². The maximum atomic E-state index is 10.7. The van der Waals surface area contributed by atoms with Gasteiger partial charge in [0.1, 0.15) is 0 Å². The lowest BCUT2D eigenvalue weighted by Crippen LogP contribution is -2.22. The highest BCUT2D eigenvalue weighted by atomic mass is 16.4. The largest absolute Gasteiger partial charge is 0.465 e. The summed E-state index contributed by atoms with van der Waals surface area (Å²) in [6, 6.07) is 1.94. The van der Waals surface area contributed by atoms with Gasteiger partial charge in [0, 0.05) is 10.8 Å². The van der Waals surface area contributed by atoms with Gasteiger partial charge in [-0.15, -0.1) is 0 Å². The van der Waals surface area contributed by atoms with Gasteiger partial charge in [0.05, 0.1) is 11.4 Å². The van der Waals surface area contributed by atoms with Gasteiger partial charge in [-0.3, -0.25) is 5.32 Å². The second-order valence-electron chi connectivity index (χ2n) is 6.39. The summed E-state index contributed by atoms with van der Waals surface area (Å²) >= 11 is 0. The van der Waals surface area contributed by atoms with Crippen molar-refractivity contribution < 1.29 is 9.90 Å². The quantitative estimate of drug-likeness (QED) is 0.804. The first-order valence-corrected chi connectivity index (χ1v) is 5.90. The number of anilines is 1. The molecule has 0 fully saturated rings. The number of hydrogen-bond donors (Lipinski definition) is 2. The lowest BCUT2D eigenvalue weighted by Gasteiger charge is -2.23. The topological polar surface area (TPSA) is 75.1 Å². The highest BCUT2D eigenvalue weighted by molar-refractivity contribution is 5.80. The number of hydrogen-bond acceptors (Lipinski definition) is 3. The summed E-state index contributed by atoms with van der Waals surface area (Å²) in [6.45, 7) is 12.2. The Morgan fingerprint density at radius 3 is 1.72 bits per heavy atom. The Kier molecular flexibility index (Phi) is 3.64. The monoisotopic (exact) mass is 251 g/mol. The lowest BCUT2D eigenvalue weighted by molar-refractivity contribution is 0.209. The van der Waals surface area contributed by atoms with E-state index in [4.69, 9.17) is 5.11 Å². The molecule has 1 aromatic rings. The van der Waals surface area contributed by atoms with E-state index in [2.05, 4.69) is 15.3 Å². The number of amides is 1. The standard InChI is InChI=1S/C13H21N3O2/c1-12(2,3)8-7-9(13(4,5)6)15-10(14-8)16-11(17)18/h7H,1-6H3,(H,17,18)(H,14,15,16). The molecule has 5 heteroatoms. The average molecular weight is 251 g/mol. The molecule has 0 aliphatic rings. The molecule has 0 radical (unpaired) electrons. The third-order valence-electron chi connectivity index (χ3n) is 2.48. The van der Waals surface area contributed by atoms with Gasteiger partial charge in [0.2, 0.25) is 5.95 Å². The zero-order valence-corrected chi connectivity index (χ0v) is 11.8. The Balaban J connectivity index is 3.34. The summed E-state index contributed by atoms with van der Waals surface area (Å²) in [5.41, 5.74) is 1.34. The number of aromatic nitrogens is 2. The van der Waals surface area contributed by atoms with Gasteiger partial charge in [0.15, 0.2) is 0 Å². The molecule has 0 aliphatic heterocycles. The van der Waals surface area contributed by atoms with Crippen LogP contribution in [0.25, 0.3) is 0 Å². The summed E-state index contributed by atoms with van der Waals surface area (Å²) in [4.78, 5) is 19.2. The minimum absolute atomic E-state index is 0.139. The van der Waals surface area contributed by atoms with Gasteiger partial charge >= 0.3 is 6.09 Å². The number of rotatable bonds is 1. The van der Waals surface area contributed by atoms with Crippen LogP contribution < -0.4 is 5.32 Å². The van der Waals surface area contributed by atoms with Crippen molar-refractivity contribution in [2.45, 2.75) is 52.4 Å². The molecule has 1 rings (SSSR count). The third-order valence-corrected chi connectivity index (χ3v) is 2.48. The number of carbonyl (C=O) groups is 1. The van der Waals surface area contributed by atoms with E-state index >= 15 is 0 Å². The first-order chi connectivity index (χ1) is 8.00. The van der Waals surface area contributed by atoms with E-state index in [1.165, 1.54) is 0 Å². The summed E-state index contributed by atoms with van der Waals surface area (Å²) < 4.78 is 0. The van der Waals surface area contributed by atoms with Crippen LogP contribution in [0.15, 0.2) is 6.07 Å². The molecule has 5 nitrogen and oxygen atoms in total. The van der Waals surface area contributed by atoms with Crippen LogP contribution in [0.2, 0.25) is 0 Å². The zero-order valence-electron chi connectivity index (χ0n) is 11.8. The smallest absolute Gasteiger partial charge is 0.411 e. The summed E-state index contributed by atoms with van der Waals surface area (Å²) in [5, 5.41) is 11.0. The highest BCUT2D eigenvalue weighted by Gasteiger charge is 2.23. The predicted octanol–water partition coefficient (Wildman–Crippen LogP) is 3.16. The van der Waals surface area contributed by atoms with Crippen molar-refractivity contribution in [2.75, 3.05) is 5.32 Å². The predicted molar refractivity (Wildman–Crippen MR) is 71.1 cm³/mol. The van der Waals surface area contributed by atoms with Gasteiger partial charge in [-0.2, -0.15) is 0 Å². The van der Waals surface area contributed by atoms with Crippen molar-refractivity contribution in [2.24, 2.45) is 0 Å². The lowest BCUT2D eigenvalue weighted by atomic mass is 9.87. The Labute approximate surface area is 108 Å². The number of nitrogens with one attached hydrogen (secondary N) is 1. The van der Waals surface area contributed by atoms with Crippen LogP contribution in [0.1, 0.15) is 52.9 Å². The molecule has 1 aromatic heterocycles. The van der Waals surface area contributed by atoms with Gasteiger partial charge in [-0.1, -0.05) is 41.5 Å². The number of carboxylic acid groups (broad SMARTS) is 1. The SMILES string of the molecule is CC(C)(C)c1cc(C(C)(C)C)nc(NC(=O)O)n1. The first-order valence-electron chi connectivity index (χ1n) is 5.90. The van der Waals surface area contributed by atoms with E-state index < -0.39 is 6.09 Å². The second-order valence-corrected chi connectivity index (χ2v) is 6.39. The highest BCUT2D eigenvalue weighted by Crippen LogP contribution is 2.27. The molecule has 18 heavy (non-hydrogen) atoms. The maximum absolute atomic E-state index is 10.7. The van der Waals surface area contributed by atoms with Crippen LogP contribution in [0.3, 0.4) is 0 Å². The third kappa shape index (κ3) is 3.68. The molecule has 0 aliphatic carbocycles. The van der Waals surface area contributed by atoms with Crippen molar-refractivity contribution >= 4 is 12.0 Å². The van der Waals surface area contributed by atoms with Crippen molar-refractivity contribution in [1.82, 2.24) is 9.97 Å². The van der Waals surface area contributed by atoms with E-state index in [9.17, 15) is 4.79 Å². The molecule has 100 valence electrons. The fourth-order valence-corrected chi connectivity index (χ4v) is 1.37. The summed E-state index contributed by atoms with van der Waals surface area (Å²) in [5.74, 6) is 0.139. The summed E-state index contributed by atoms with van der Waals surface area (Å²) in [7, 11) is 0. The van der Waals surface area contributed by atoms with Crippen molar-refractivity contribution in [1.29, 1.82) is 0 Å². The van der Waals surface area contributed by atoms with Crippen LogP contribution >= 0.6 is 0 Å². The molecule has 0 atom stereocenters. The molecular formula is C13H21N3O2. The fraction of sp³-hybridized carbons (Fsp3) is 0.615. The van der Waals surface area contributed by atoms with Crippen molar-refractivity contribution in [3.8, 4) is 0 Å².